The maximum atomic E-state index is 14.6. The number of allylic oxidation sites excluding steroid dienone is 4. The summed E-state index contributed by atoms with van der Waals surface area (Å²) < 4.78 is 32.5. The number of Topliss-reactive ketones (excluding diaryl/α,β-unsaturated/α-hetero) is 1. The first-order chi connectivity index (χ1) is 19.8. The lowest BCUT2D eigenvalue weighted by Crippen LogP contribution is -2.67. The molecule has 7 aliphatic rings. The molecular weight excluding hydrogens is 550 g/mol. The van der Waals surface area contributed by atoms with E-state index in [-0.39, 0.29) is 41.2 Å². The largest absolute Gasteiger partial charge is 0.393 e. The molecule has 1 unspecified atom stereocenters. The van der Waals surface area contributed by atoms with Gasteiger partial charge in [0.1, 0.15) is 0 Å². The van der Waals surface area contributed by atoms with Crippen LogP contribution >= 0.6 is 0 Å². The second-order valence-electron chi connectivity index (χ2n) is 15.5. The molecule has 2 bridgehead atoms. The summed E-state index contributed by atoms with van der Waals surface area (Å²) in [5.41, 5.74) is -1.58. The van der Waals surface area contributed by atoms with Crippen LogP contribution in [-0.4, -0.2) is 73.5 Å². The van der Waals surface area contributed by atoms with E-state index in [9.17, 15) is 23.4 Å². The lowest BCUT2D eigenvalue weighted by atomic mass is 9.32. The Labute approximate surface area is 253 Å². The maximum Gasteiger partial charge on any atom is 0.211 e. The molecule has 0 saturated heterocycles. The van der Waals surface area contributed by atoms with Crippen LogP contribution in [0.25, 0.3) is 0 Å². The van der Waals surface area contributed by atoms with Gasteiger partial charge in [-0.3, -0.25) is 4.79 Å². The fraction of sp³-hybridized carbons (Fsp3) is 0.853. The molecule has 7 aliphatic carbocycles. The lowest BCUT2D eigenvalue weighted by molar-refractivity contribution is -0.177. The quantitative estimate of drug-likeness (QED) is 0.283. The molecular formula is C34H53NO6S. The second kappa shape index (κ2) is 10.5. The number of ketones is 1. The van der Waals surface area contributed by atoms with E-state index < -0.39 is 26.5 Å². The Morgan fingerprint density at radius 2 is 1.67 bits per heavy atom. The monoisotopic (exact) mass is 603 g/mol. The van der Waals surface area contributed by atoms with Gasteiger partial charge in [-0.25, -0.2) is 8.42 Å². The van der Waals surface area contributed by atoms with Gasteiger partial charge in [0, 0.05) is 54.5 Å². The van der Waals surface area contributed by atoms with E-state index in [0.29, 0.717) is 38.2 Å². The average molecular weight is 604 g/mol. The van der Waals surface area contributed by atoms with Gasteiger partial charge in [-0.1, -0.05) is 51.3 Å². The number of rotatable bonds is 9. The first-order valence-corrected chi connectivity index (χ1v) is 18.4. The molecule has 0 aromatic carbocycles. The number of aliphatic hydroxyl groups excluding tert-OH is 1. The van der Waals surface area contributed by atoms with E-state index in [0.717, 1.165) is 63.4 Å². The van der Waals surface area contributed by atoms with E-state index in [1.165, 1.54) is 17.0 Å². The molecule has 0 amide bonds. The number of aliphatic hydroxyl groups is 2. The van der Waals surface area contributed by atoms with E-state index in [1.807, 2.05) is 0 Å². The normalized spacial score (nSPS) is 44.9. The van der Waals surface area contributed by atoms with Crippen molar-refractivity contribution in [1.82, 2.24) is 4.31 Å². The molecule has 236 valence electrons. The molecule has 0 heterocycles. The molecule has 42 heavy (non-hydrogen) atoms. The molecule has 0 radical (unpaired) electrons. The summed E-state index contributed by atoms with van der Waals surface area (Å²) in [6, 6.07) is 0. The topological polar surface area (TPSA) is 104 Å². The predicted molar refractivity (Wildman–Crippen MR) is 163 cm³/mol. The predicted octanol–water partition coefficient (Wildman–Crippen LogP) is 5.03. The number of nitrogens with zero attached hydrogens (tertiary/aromatic N) is 1. The van der Waals surface area contributed by atoms with Crippen LogP contribution in [-0.2, 0) is 19.6 Å². The Bertz CT molecular complexity index is 1260. The van der Waals surface area contributed by atoms with E-state index in [2.05, 4.69) is 32.1 Å². The molecule has 7 nitrogen and oxygen atoms in total. The van der Waals surface area contributed by atoms with Gasteiger partial charge in [0.2, 0.25) is 10.0 Å². The number of ether oxygens (including phenoxy) is 1. The van der Waals surface area contributed by atoms with Crippen molar-refractivity contribution >= 4 is 15.8 Å². The fourth-order valence-corrected chi connectivity index (χ4v) is 12.2. The van der Waals surface area contributed by atoms with Crippen LogP contribution in [0.3, 0.4) is 0 Å². The third-order valence-corrected chi connectivity index (χ3v) is 14.9. The van der Waals surface area contributed by atoms with Gasteiger partial charge in [0.15, 0.2) is 5.78 Å². The third kappa shape index (κ3) is 4.32. The minimum atomic E-state index is -3.53. The van der Waals surface area contributed by atoms with E-state index >= 15 is 0 Å². The van der Waals surface area contributed by atoms with Crippen molar-refractivity contribution in [3.63, 3.8) is 0 Å². The summed E-state index contributed by atoms with van der Waals surface area (Å²) in [6.45, 7) is 5.45. The second-order valence-corrected chi connectivity index (χ2v) is 17.4. The Morgan fingerprint density at radius 3 is 2.36 bits per heavy atom. The van der Waals surface area contributed by atoms with Crippen LogP contribution < -0.4 is 0 Å². The molecule has 4 saturated carbocycles. The van der Waals surface area contributed by atoms with Gasteiger partial charge in [-0.15, -0.1) is 0 Å². The minimum absolute atomic E-state index is 0.0474. The zero-order valence-corrected chi connectivity index (χ0v) is 27.1. The lowest BCUT2D eigenvalue weighted by Gasteiger charge is -2.71. The van der Waals surface area contributed by atoms with Crippen molar-refractivity contribution < 1.29 is 28.2 Å². The summed E-state index contributed by atoms with van der Waals surface area (Å²) in [5, 5.41) is 23.4. The number of methoxy groups -OCH3 is 1. The van der Waals surface area contributed by atoms with Gasteiger partial charge in [0.25, 0.3) is 0 Å². The zero-order valence-electron chi connectivity index (χ0n) is 26.2. The Hall–Kier alpha value is -1.06. The highest BCUT2D eigenvalue weighted by Gasteiger charge is 2.74. The van der Waals surface area contributed by atoms with Crippen LogP contribution in [0.5, 0.6) is 0 Å². The van der Waals surface area contributed by atoms with Crippen molar-refractivity contribution in [2.75, 3.05) is 33.1 Å². The molecule has 0 aliphatic heterocycles. The van der Waals surface area contributed by atoms with Crippen LogP contribution in [0.1, 0.15) is 97.3 Å². The first kappa shape index (κ1) is 30.9. The highest BCUT2D eigenvalue weighted by atomic mass is 32.2. The number of carbonyl (C=O) groups is 1. The number of hydrogen-bond acceptors (Lipinski definition) is 6. The van der Waals surface area contributed by atoms with Crippen molar-refractivity contribution in [2.24, 2.45) is 39.4 Å². The van der Waals surface area contributed by atoms with Gasteiger partial charge in [-0.2, -0.15) is 4.31 Å². The summed E-state index contributed by atoms with van der Waals surface area (Å²) in [5.74, 6) is 0.677. The van der Waals surface area contributed by atoms with Crippen LogP contribution in [0.15, 0.2) is 23.8 Å². The van der Waals surface area contributed by atoms with Gasteiger partial charge >= 0.3 is 0 Å². The number of fused-ring (bicyclic) bond motifs is 1. The minimum Gasteiger partial charge on any atom is -0.393 e. The molecule has 2 N–H and O–H groups in total. The maximum absolute atomic E-state index is 14.6. The van der Waals surface area contributed by atoms with Crippen molar-refractivity contribution in [2.45, 2.75) is 109 Å². The molecule has 2 spiro atoms. The van der Waals surface area contributed by atoms with Gasteiger partial charge < -0.3 is 14.9 Å². The van der Waals surface area contributed by atoms with Crippen molar-refractivity contribution in [1.29, 1.82) is 0 Å². The summed E-state index contributed by atoms with van der Waals surface area (Å²) >= 11 is 0. The zero-order chi connectivity index (χ0) is 30.2. The SMILES string of the molecule is COCCCN(C[C@]1(O)CC[C@H]2[C@]34C=C[C@@]5(C=C3C(=O)C3CCCCC3)CC(O)CC[C@]5(C)[C@H]4CC[C@@]21C)S(C)(=O)=O. The molecule has 4 fully saturated rings. The Balaban J connectivity index is 1.43. The van der Waals surface area contributed by atoms with Gasteiger partial charge in [-0.05, 0) is 81.5 Å². The first-order valence-electron chi connectivity index (χ1n) is 16.6. The van der Waals surface area contributed by atoms with Crippen LogP contribution in [0, 0.1) is 39.4 Å². The third-order valence-electron chi connectivity index (χ3n) is 13.6. The van der Waals surface area contributed by atoms with Crippen molar-refractivity contribution in [3.8, 4) is 0 Å². The Kier molecular flexibility index (Phi) is 7.74. The van der Waals surface area contributed by atoms with Gasteiger partial charge in [0.05, 0.1) is 18.0 Å². The highest BCUT2D eigenvalue weighted by Crippen LogP contribution is 2.78. The van der Waals surface area contributed by atoms with E-state index in [1.54, 1.807) is 7.11 Å². The number of carbonyl (C=O) groups excluding carboxylic acids is 1. The molecule has 0 aromatic rings. The molecule has 0 aromatic heterocycles. The Morgan fingerprint density at radius 1 is 1.00 bits per heavy atom. The summed E-state index contributed by atoms with van der Waals surface area (Å²) in [6.07, 6.45) is 19.2. The molecule has 8 atom stereocenters. The average Bonchev–Trinajstić information content (AvgIpc) is 3.22. The van der Waals surface area contributed by atoms with Crippen molar-refractivity contribution in [3.05, 3.63) is 23.8 Å². The molecule has 7 rings (SSSR count). The van der Waals surface area contributed by atoms with Crippen LogP contribution in [0.2, 0.25) is 0 Å². The van der Waals surface area contributed by atoms with E-state index in [4.69, 9.17) is 4.74 Å². The number of hydrogen-bond donors (Lipinski definition) is 2. The van der Waals surface area contributed by atoms with Crippen LogP contribution in [0.4, 0.5) is 0 Å². The number of sulfonamides is 1. The fourth-order valence-electron chi connectivity index (χ4n) is 11.2. The standard InChI is InChI=1S/C34H53NO6S/c1-30-14-11-25(36)21-32(30)17-18-34(26(22-32)29(37)24-9-6-5-7-10-24)27(30)12-15-31(2)28(34)13-16-33(31,38)23-35(42(4,39)40)19-8-20-41-3/h17-18,22,24-25,27-28,36,38H,5-16,19-21,23H2,1-4H3/t25?,27-,28-,30-,31+,32+,33-,34-/m1/s1. The highest BCUT2D eigenvalue weighted by molar-refractivity contribution is 7.88. The molecule has 8 heteroatoms. The summed E-state index contributed by atoms with van der Waals surface area (Å²) in [7, 11) is -1.91. The smallest absolute Gasteiger partial charge is 0.211 e. The summed E-state index contributed by atoms with van der Waals surface area (Å²) in [4.78, 5) is 14.6.